The summed E-state index contributed by atoms with van der Waals surface area (Å²) in [4.78, 5) is 23.7. The van der Waals surface area contributed by atoms with Crippen molar-refractivity contribution in [3.8, 4) is 17.4 Å². The summed E-state index contributed by atoms with van der Waals surface area (Å²) in [5.74, 6) is 0.394. The van der Waals surface area contributed by atoms with Crippen LogP contribution in [-0.2, 0) is 14.1 Å². The van der Waals surface area contributed by atoms with Gasteiger partial charge in [-0.15, -0.1) is 10.2 Å². The Balaban J connectivity index is 2.54. The summed E-state index contributed by atoms with van der Waals surface area (Å²) in [7, 11) is 5.58. The number of rotatable bonds is 4. The Kier molecular flexibility index (Phi) is 4.49. The van der Waals surface area contributed by atoms with Crippen molar-refractivity contribution in [3.63, 3.8) is 0 Å². The molecule has 2 rings (SSSR count). The van der Waals surface area contributed by atoms with Gasteiger partial charge >= 0.3 is 5.69 Å². The summed E-state index contributed by atoms with van der Waals surface area (Å²) in [6, 6.07) is 4.84. The van der Waals surface area contributed by atoms with Crippen LogP contribution in [0.5, 0.6) is 17.4 Å². The second-order valence-electron chi connectivity index (χ2n) is 4.62. The molecule has 0 unspecified atom stereocenters. The summed E-state index contributed by atoms with van der Waals surface area (Å²) in [6.45, 7) is 0. The third-order valence-electron chi connectivity index (χ3n) is 3.26. The molecule has 0 amide bonds. The van der Waals surface area contributed by atoms with E-state index in [9.17, 15) is 14.7 Å². The van der Waals surface area contributed by atoms with Gasteiger partial charge in [0.15, 0.2) is 0 Å². The number of ether oxygens (including phenoxy) is 2. The lowest BCUT2D eigenvalue weighted by atomic mass is 10.3. The number of hydrogen-bond acceptors (Lipinski definition) is 7. The lowest BCUT2D eigenvalue weighted by Crippen LogP contribution is -2.36. The number of nitrogens with zero attached hydrogens (tertiary/aromatic N) is 4. The predicted molar refractivity (Wildman–Crippen MR) is 82.3 cm³/mol. The van der Waals surface area contributed by atoms with E-state index >= 15 is 0 Å². The Morgan fingerprint density at radius 1 is 1.04 bits per heavy atom. The van der Waals surface area contributed by atoms with E-state index in [1.807, 2.05) is 0 Å². The first kappa shape index (κ1) is 16.3. The third-order valence-corrected chi connectivity index (χ3v) is 3.26. The van der Waals surface area contributed by atoms with Crippen LogP contribution in [0.3, 0.4) is 0 Å². The largest absolute Gasteiger partial charge is 0.497 e. The highest BCUT2D eigenvalue weighted by atomic mass is 16.5. The van der Waals surface area contributed by atoms with Gasteiger partial charge in [0.25, 0.3) is 5.56 Å². The van der Waals surface area contributed by atoms with E-state index in [4.69, 9.17) is 9.47 Å². The highest BCUT2D eigenvalue weighted by molar-refractivity contribution is 5.55. The van der Waals surface area contributed by atoms with Crippen LogP contribution >= 0.6 is 0 Å². The predicted octanol–water partition coefficient (Wildman–Crippen LogP) is 1.22. The highest BCUT2D eigenvalue weighted by Gasteiger charge is 2.14. The minimum absolute atomic E-state index is 0.337. The van der Waals surface area contributed by atoms with Gasteiger partial charge in [-0.3, -0.25) is 13.9 Å². The number of methoxy groups -OCH3 is 2. The lowest BCUT2D eigenvalue weighted by molar-refractivity contribution is 0.395. The Morgan fingerprint density at radius 3 is 2.35 bits per heavy atom. The number of hydrogen-bond donors (Lipinski definition) is 1. The quantitative estimate of drug-likeness (QED) is 0.852. The molecule has 1 N–H and O–H groups in total. The van der Waals surface area contributed by atoms with Gasteiger partial charge in [0, 0.05) is 20.2 Å². The van der Waals surface area contributed by atoms with E-state index in [0.29, 0.717) is 17.2 Å². The molecule has 0 aliphatic heterocycles. The SMILES string of the molecule is COc1ccc(/N=N/c2c(O)n(C)c(=O)n(C)c2=O)c(OC)c1. The average molecular weight is 320 g/mol. The Bertz CT molecular complexity index is 882. The average Bonchev–Trinajstić information content (AvgIpc) is 2.58. The van der Waals surface area contributed by atoms with Crippen LogP contribution in [0.25, 0.3) is 0 Å². The third kappa shape index (κ3) is 2.93. The molecule has 0 spiro atoms. The Labute approximate surface area is 131 Å². The van der Waals surface area contributed by atoms with Gasteiger partial charge in [-0.05, 0) is 12.1 Å². The molecule has 0 atom stereocenters. The van der Waals surface area contributed by atoms with Gasteiger partial charge < -0.3 is 14.6 Å². The summed E-state index contributed by atoms with van der Waals surface area (Å²) in [6.07, 6.45) is 0. The maximum Gasteiger partial charge on any atom is 0.333 e. The van der Waals surface area contributed by atoms with E-state index in [1.54, 1.807) is 18.2 Å². The lowest BCUT2D eigenvalue weighted by Gasteiger charge is -2.07. The number of benzene rings is 1. The van der Waals surface area contributed by atoms with E-state index in [0.717, 1.165) is 9.13 Å². The fraction of sp³-hybridized carbons (Fsp3) is 0.286. The molecule has 2 aromatic rings. The van der Waals surface area contributed by atoms with Crippen LogP contribution in [0, 0.1) is 0 Å². The normalized spacial score (nSPS) is 11.0. The van der Waals surface area contributed by atoms with E-state index in [-0.39, 0.29) is 5.69 Å². The van der Waals surface area contributed by atoms with Crippen LogP contribution in [-0.4, -0.2) is 28.5 Å². The molecule has 0 saturated carbocycles. The van der Waals surface area contributed by atoms with Crippen molar-refractivity contribution in [3.05, 3.63) is 39.0 Å². The second-order valence-corrected chi connectivity index (χ2v) is 4.62. The molecule has 9 nitrogen and oxygen atoms in total. The smallest absolute Gasteiger partial charge is 0.333 e. The zero-order valence-corrected chi connectivity index (χ0v) is 13.1. The standard InChI is InChI=1S/C14H16N4O5/c1-17-12(19)11(13(20)18(2)14(17)21)16-15-9-6-5-8(22-3)7-10(9)23-4/h5-7,19H,1-4H3/b16-15+. The van der Waals surface area contributed by atoms with Crippen molar-refractivity contribution >= 4 is 11.4 Å². The van der Waals surface area contributed by atoms with E-state index in [2.05, 4.69) is 10.2 Å². The monoisotopic (exact) mass is 320 g/mol. The van der Waals surface area contributed by atoms with Crippen molar-refractivity contribution in [1.29, 1.82) is 0 Å². The molecule has 23 heavy (non-hydrogen) atoms. The van der Waals surface area contributed by atoms with E-state index < -0.39 is 17.1 Å². The zero-order chi connectivity index (χ0) is 17.1. The van der Waals surface area contributed by atoms with Crippen LogP contribution < -0.4 is 20.7 Å². The molecule has 0 aliphatic carbocycles. The van der Waals surface area contributed by atoms with Crippen LogP contribution in [0.15, 0.2) is 38.0 Å². The number of aromatic hydroxyl groups is 1. The van der Waals surface area contributed by atoms with E-state index in [1.165, 1.54) is 28.3 Å². The fourth-order valence-electron chi connectivity index (χ4n) is 1.87. The van der Waals surface area contributed by atoms with Crippen LogP contribution in [0.4, 0.5) is 11.4 Å². The Hall–Kier alpha value is -3.10. The van der Waals surface area contributed by atoms with Crippen molar-refractivity contribution in [1.82, 2.24) is 9.13 Å². The molecule has 0 aliphatic rings. The molecule has 0 fully saturated rings. The van der Waals surface area contributed by atoms with Crippen molar-refractivity contribution in [2.45, 2.75) is 0 Å². The topological polar surface area (TPSA) is 107 Å². The molecule has 122 valence electrons. The maximum absolute atomic E-state index is 12.0. The van der Waals surface area contributed by atoms with Gasteiger partial charge in [0.1, 0.15) is 17.2 Å². The minimum Gasteiger partial charge on any atom is -0.497 e. The summed E-state index contributed by atoms with van der Waals surface area (Å²) < 4.78 is 12.0. The van der Waals surface area contributed by atoms with Crippen molar-refractivity contribution in [2.24, 2.45) is 24.3 Å². The Morgan fingerprint density at radius 2 is 1.74 bits per heavy atom. The number of azo groups is 1. The molecule has 0 bridgehead atoms. The maximum atomic E-state index is 12.0. The van der Waals surface area contributed by atoms with Crippen molar-refractivity contribution < 1.29 is 14.6 Å². The van der Waals surface area contributed by atoms with Crippen molar-refractivity contribution in [2.75, 3.05) is 14.2 Å². The summed E-state index contributed by atoms with van der Waals surface area (Å²) in [5, 5.41) is 17.6. The first-order chi connectivity index (χ1) is 10.9. The van der Waals surface area contributed by atoms with Gasteiger partial charge in [-0.1, -0.05) is 0 Å². The molecule has 0 radical (unpaired) electrons. The van der Waals surface area contributed by atoms with Gasteiger partial charge in [0.05, 0.1) is 14.2 Å². The fourth-order valence-corrected chi connectivity index (χ4v) is 1.87. The minimum atomic E-state index is -0.748. The summed E-state index contributed by atoms with van der Waals surface area (Å²) >= 11 is 0. The molecular weight excluding hydrogens is 304 g/mol. The van der Waals surface area contributed by atoms with Crippen LogP contribution in [0.1, 0.15) is 0 Å². The molecule has 1 heterocycles. The molecule has 1 aromatic carbocycles. The number of aromatic nitrogens is 2. The molecule has 0 saturated heterocycles. The molecule has 9 heteroatoms. The molecular formula is C14H16N4O5. The van der Waals surface area contributed by atoms with Gasteiger partial charge in [0.2, 0.25) is 11.6 Å². The second kappa shape index (κ2) is 6.34. The van der Waals surface area contributed by atoms with Crippen LogP contribution in [0.2, 0.25) is 0 Å². The first-order valence-corrected chi connectivity index (χ1v) is 6.53. The van der Waals surface area contributed by atoms with Gasteiger partial charge in [-0.25, -0.2) is 4.79 Å². The van der Waals surface area contributed by atoms with Gasteiger partial charge in [-0.2, -0.15) is 0 Å². The zero-order valence-electron chi connectivity index (χ0n) is 13.1. The highest BCUT2D eigenvalue weighted by Crippen LogP contribution is 2.33. The first-order valence-electron chi connectivity index (χ1n) is 6.53. The summed E-state index contributed by atoms with van der Waals surface area (Å²) in [5.41, 5.74) is -1.41. The molecule has 1 aromatic heterocycles.